The van der Waals surface area contributed by atoms with Crippen LogP contribution in [0.2, 0.25) is 0 Å². The van der Waals surface area contributed by atoms with E-state index in [0.717, 1.165) is 28.1 Å². The van der Waals surface area contributed by atoms with Gasteiger partial charge in [-0.3, -0.25) is 0 Å². The average molecular weight is 908 g/mol. The number of hydrogen-bond acceptors (Lipinski definition) is 0. The predicted octanol–water partition coefficient (Wildman–Crippen LogP) is 14.0. The molecule has 0 N–H and O–H groups in total. The lowest BCUT2D eigenvalue weighted by atomic mass is 10.1. The molecule has 0 aliphatic carbocycles. The molecule has 0 unspecified atom stereocenters. The topological polar surface area (TPSA) is 14.8 Å². The molecule has 0 saturated heterocycles. The highest BCUT2D eigenvalue weighted by Gasteiger charge is 2.43. The van der Waals surface area contributed by atoms with Crippen LogP contribution >= 0.6 is 0 Å². The number of fused-ring (bicyclic) bond motifs is 9. The molecule has 3 aromatic heterocycles. The Morgan fingerprint density at radius 1 is 0.229 bits per heavy atom. The fourth-order valence-corrected chi connectivity index (χ4v) is 16.8. The molecule has 14 aromatic rings. The second-order valence-corrected chi connectivity index (χ2v) is 22.2. The molecule has 14 rings (SSSR count). The molecule has 3 heterocycles. The maximum Gasteiger partial charge on any atom is 0.180 e. The second kappa shape index (κ2) is 16.1. The highest BCUT2D eigenvalue weighted by atomic mass is 28.3. The Kier molecular flexibility index (Phi) is 9.23. The van der Waals surface area contributed by atoms with Crippen LogP contribution in [0.3, 0.4) is 0 Å². The van der Waals surface area contributed by atoms with Gasteiger partial charge in [-0.05, 0) is 92.5 Å². The van der Waals surface area contributed by atoms with Crippen molar-refractivity contribution in [3.63, 3.8) is 0 Å². The Morgan fingerprint density at radius 3 is 1.14 bits per heavy atom. The van der Waals surface area contributed by atoms with Crippen LogP contribution in [0.15, 0.2) is 273 Å². The summed E-state index contributed by atoms with van der Waals surface area (Å²) in [5.41, 5.74) is 12.8. The van der Waals surface area contributed by atoms with Gasteiger partial charge in [-0.15, -0.1) is 0 Å². The van der Waals surface area contributed by atoms with Crippen molar-refractivity contribution < 1.29 is 0 Å². The van der Waals surface area contributed by atoms with Gasteiger partial charge < -0.3 is 13.7 Å². The zero-order chi connectivity index (χ0) is 46.2. The lowest BCUT2D eigenvalue weighted by Gasteiger charge is -2.35. The number of rotatable bonds is 8. The van der Waals surface area contributed by atoms with E-state index >= 15 is 0 Å². The molecule has 70 heavy (non-hydrogen) atoms. The van der Waals surface area contributed by atoms with Gasteiger partial charge in [0.1, 0.15) is 0 Å². The molecule has 0 fully saturated rings. The van der Waals surface area contributed by atoms with Crippen molar-refractivity contribution in [2.24, 2.45) is 0 Å². The molecule has 328 valence electrons. The zero-order valence-corrected chi connectivity index (χ0v) is 39.3. The van der Waals surface area contributed by atoms with E-state index in [1.54, 1.807) is 0 Å². The van der Waals surface area contributed by atoms with Gasteiger partial charge in [0.05, 0.1) is 33.1 Å². The molecule has 0 radical (unpaired) electrons. The molecule has 3 nitrogen and oxygen atoms in total. The fraction of sp³-hybridized carbons (Fsp3) is 0. The third-order valence-electron chi connectivity index (χ3n) is 14.8. The van der Waals surface area contributed by atoms with Crippen LogP contribution in [0.25, 0.3) is 93.6 Å². The van der Waals surface area contributed by atoms with Crippen molar-refractivity contribution >= 4 is 94.2 Å². The van der Waals surface area contributed by atoms with Crippen LogP contribution in [0.4, 0.5) is 0 Å². The Hall–Kier alpha value is -8.96. The van der Waals surface area contributed by atoms with E-state index in [1.165, 1.54) is 86.3 Å². The van der Waals surface area contributed by atoms with Gasteiger partial charge in [0, 0.05) is 49.4 Å². The first-order valence-corrected chi connectivity index (χ1v) is 26.2. The maximum absolute atomic E-state index is 2.90. The first-order chi connectivity index (χ1) is 34.8. The number of aromatic nitrogens is 3. The largest absolute Gasteiger partial charge is 0.309 e. The third-order valence-corrected chi connectivity index (χ3v) is 19.6. The minimum absolute atomic E-state index is 1.12. The Morgan fingerprint density at radius 2 is 0.600 bits per heavy atom. The van der Waals surface area contributed by atoms with E-state index in [9.17, 15) is 0 Å². The van der Waals surface area contributed by atoms with Gasteiger partial charge in [-0.1, -0.05) is 212 Å². The van der Waals surface area contributed by atoms with Crippen molar-refractivity contribution in [3.05, 3.63) is 273 Å². The van der Waals surface area contributed by atoms with Crippen molar-refractivity contribution in [1.82, 2.24) is 13.7 Å². The summed E-state index contributed by atoms with van der Waals surface area (Å²) in [5.74, 6) is 0. The summed E-state index contributed by atoms with van der Waals surface area (Å²) in [6, 6.07) is 101. The molecule has 0 amide bonds. The summed E-state index contributed by atoms with van der Waals surface area (Å²) < 4.78 is 7.44. The summed E-state index contributed by atoms with van der Waals surface area (Å²) in [6.07, 6.45) is 0. The van der Waals surface area contributed by atoms with E-state index in [0.29, 0.717) is 0 Å². The van der Waals surface area contributed by atoms with Gasteiger partial charge in [0.25, 0.3) is 0 Å². The summed E-state index contributed by atoms with van der Waals surface area (Å²) in [6.45, 7) is 0. The predicted molar refractivity (Wildman–Crippen MR) is 299 cm³/mol. The summed E-state index contributed by atoms with van der Waals surface area (Å²) in [7, 11) is -2.90. The Labute approximate surface area is 407 Å². The van der Waals surface area contributed by atoms with Crippen LogP contribution in [0.1, 0.15) is 0 Å². The number of benzene rings is 11. The minimum atomic E-state index is -2.90. The van der Waals surface area contributed by atoms with Crippen molar-refractivity contribution in [2.75, 3.05) is 0 Å². The van der Waals surface area contributed by atoms with E-state index in [2.05, 4.69) is 287 Å². The molecule has 0 aliphatic rings. The van der Waals surface area contributed by atoms with Crippen molar-refractivity contribution in [2.45, 2.75) is 0 Å². The first kappa shape index (κ1) is 40.1. The van der Waals surface area contributed by atoms with E-state index < -0.39 is 8.07 Å². The number of nitrogens with zero attached hydrogens (tertiary/aromatic N) is 3. The minimum Gasteiger partial charge on any atom is -0.309 e. The smallest absolute Gasteiger partial charge is 0.180 e. The Balaban J connectivity index is 1.06. The van der Waals surface area contributed by atoms with Crippen LogP contribution < -0.4 is 20.7 Å². The average Bonchev–Trinajstić information content (AvgIpc) is 4.08. The highest BCUT2D eigenvalue weighted by Crippen LogP contribution is 2.40. The van der Waals surface area contributed by atoms with Gasteiger partial charge >= 0.3 is 0 Å². The highest BCUT2D eigenvalue weighted by molar-refractivity contribution is 7.20. The lowest BCUT2D eigenvalue weighted by Crippen LogP contribution is -2.74. The van der Waals surface area contributed by atoms with E-state index in [-0.39, 0.29) is 0 Å². The first-order valence-electron chi connectivity index (χ1n) is 24.2. The molecular formula is C66H45N3Si. The SMILES string of the molecule is c1ccc(-c2cccc(-n3c4cc(-n5c6ccccc6c6ccccc65)ccc4c4ccc(-n5c6ccccc6c6c([Si](c7ccccc7)(c7ccccc7)c7ccccc7)cccc65)cc43)c2)cc1. The fourth-order valence-electron chi connectivity index (χ4n) is 11.8. The van der Waals surface area contributed by atoms with Crippen molar-refractivity contribution in [3.8, 4) is 28.2 Å². The third kappa shape index (κ3) is 6.00. The van der Waals surface area contributed by atoms with Crippen LogP contribution in [0, 0.1) is 0 Å². The molecule has 0 saturated carbocycles. The number of para-hydroxylation sites is 3. The standard InChI is InChI=1S/C66H45N3Si/c1-5-21-46(22-6-1)47-23-19-24-48(43-47)69-63-44-49(67-59-34-16-13-31-54(59)55-32-14-17-35-60(55)67)39-41-56(63)57-42-40-50(45-64(57)69)68-61-36-18-15-33-58(61)66-62(68)37-20-38-65(66)70(51-25-7-2-8-26-51,52-27-9-3-10-28-52)53-29-11-4-12-30-53/h1-45H. The zero-order valence-electron chi connectivity index (χ0n) is 38.3. The monoisotopic (exact) mass is 907 g/mol. The molecule has 4 heteroatoms. The van der Waals surface area contributed by atoms with Crippen LogP contribution in [-0.4, -0.2) is 21.8 Å². The molecule has 0 atom stereocenters. The molecule has 11 aromatic carbocycles. The molecule has 0 spiro atoms. The van der Waals surface area contributed by atoms with Crippen LogP contribution in [-0.2, 0) is 0 Å². The number of hydrogen-bond donors (Lipinski definition) is 0. The maximum atomic E-state index is 2.51. The van der Waals surface area contributed by atoms with Gasteiger partial charge in [-0.2, -0.15) is 0 Å². The van der Waals surface area contributed by atoms with Gasteiger partial charge in [-0.25, -0.2) is 0 Å². The molecule has 0 aliphatic heterocycles. The summed E-state index contributed by atoms with van der Waals surface area (Å²) >= 11 is 0. The van der Waals surface area contributed by atoms with Gasteiger partial charge in [0.2, 0.25) is 0 Å². The summed E-state index contributed by atoms with van der Waals surface area (Å²) in [4.78, 5) is 0. The molecular weight excluding hydrogens is 863 g/mol. The van der Waals surface area contributed by atoms with E-state index in [4.69, 9.17) is 0 Å². The molecule has 0 bridgehead atoms. The Bertz CT molecular complexity index is 4130. The van der Waals surface area contributed by atoms with Crippen molar-refractivity contribution in [1.29, 1.82) is 0 Å². The lowest BCUT2D eigenvalue weighted by molar-refractivity contribution is 1.14. The van der Waals surface area contributed by atoms with Gasteiger partial charge in [0.15, 0.2) is 8.07 Å². The quantitative estimate of drug-likeness (QED) is 0.107. The second-order valence-electron chi connectivity index (χ2n) is 18.4. The van der Waals surface area contributed by atoms with Crippen LogP contribution in [0.5, 0.6) is 0 Å². The summed E-state index contributed by atoms with van der Waals surface area (Å²) in [5, 5.41) is 13.0. The normalized spacial score (nSPS) is 12.0. The van der Waals surface area contributed by atoms with E-state index in [1.807, 2.05) is 0 Å².